The van der Waals surface area contributed by atoms with Gasteiger partial charge in [0.05, 0.1) is 18.3 Å². The van der Waals surface area contributed by atoms with Gasteiger partial charge < -0.3 is 14.4 Å². The Kier molecular flexibility index (Phi) is 4.95. The van der Waals surface area contributed by atoms with Crippen LogP contribution in [0.3, 0.4) is 0 Å². The van der Waals surface area contributed by atoms with Gasteiger partial charge >= 0.3 is 6.09 Å². The van der Waals surface area contributed by atoms with E-state index in [-0.39, 0.29) is 18.2 Å². The topological polar surface area (TPSA) is 69.5 Å². The highest BCUT2D eigenvalue weighted by Crippen LogP contribution is 2.36. The van der Waals surface area contributed by atoms with Gasteiger partial charge in [0.15, 0.2) is 0 Å². The van der Waals surface area contributed by atoms with Crippen molar-refractivity contribution in [3.8, 4) is 16.9 Å². The Morgan fingerprint density at radius 2 is 2.04 bits per heavy atom. The first kappa shape index (κ1) is 19.1. The summed E-state index contributed by atoms with van der Waals surface area (Å²) in [4.78, 5) is 18.2. The van der Waals surface area contributed by atoms with Crippen LogP contribution >= 0.6 is 11.6 Å². The summed E-state index contributed by atoms with van der Waals surface area (Å²) in [5.41, 5.74) is 1.31. The maximum Gasteiger partial charge on any atom is 0.410 e. The standard InChI is InChI=1S/C20H25ClN4O3/c1-20(2,3)28-19(26)24-7-6-14(12-24)25-11-13(9-23-25)16-10-22-18(21)8-17(16)27-15-4-5-15/h8-11,14-15H,4-7,12H2,1-3H3. The molecular weight excluding hydrogens is 380 g/mol. The monoisotopic (exact) mass is 404 g/mol. The van der Waals surface area contributed by atoms with Crippen molar-refractivity contribution in [2.45, 2.75) is 57.8 Å². The fourth-order valence-electron chi connectivity index (χ4n) is 3.22. The van der Waals surface area contributed by atoms with E-state index in [0.29, 0.717) is 18.2 Å². The predicted molar refractivity (Wildman–Crippen MR) is 106 cm³/mol. The molecular formula is C20H25ClN4O3. The lowest BCUT2D eigenvalue weighted by atomic mass is 10.1. The van der Waals surface area contributed by atoms with E-state index in [4.69, 9.17) is 21.1 Å². The van der Waals surface area contributed by atoms with Crippen molar-refractivity contribution in [2.75, 3.05) is 13.1 Å². The van der Waals surface area contributed by atoms with Gasteiger partial charge in [-0.05, 0) is 40.0 Å². The van der Waals surface area contributed by atoms with Gasteiger partial charge in [0, 0.05) is 42.7 Å². The molecule has 3 heterocycles. The van der Waals surface area contributed by atoms with Gasteiger partial charge in [0.25, 0.3) is 0 Å². The fraction of sp³-hybridized carbons (Fsp3) is 0.550. The van der Waals surface area contributed by atoms with Gasteiger partial charge in [0.1, 0.15) is 16.5 Å². The molecule has 0 aromatic carbocycles. The summed E-state index contributed by atoms with van der Waals surface area (Å²) < 4.78 is 13.4. The summed E-state index contributed by atoms with van der Waals surface area (Å²) in [6.07, 6.45) is 8.49. The molecule has 2 aromatic heterocycles. The van der Waals surface area contributed by atoms with Crippen molar-refractivity contribution in [1.82, 2.24) is 19.7 Å². The molecule has 28 heavy (non-hydrogen) atoms. The average Bonchev–Trinajstić information content (AvgIpc) is 3.10. The summed E-state index contributed by atoms with van der Waals surface area (Å²) in [5.74, 6) is 0.740. The molecule has 0 spiro atoms. The Bertz CT molecular complexity index is 873. The normalized spacial score (nSPS) is 19.7. The van der Waals surface area contributed by atoms with E-state index in [1.165, 1.54) is 0 Å². The summed E-state index contributed by atoms with van der Waals surface area (Å²) in [6.45, 7) is 6.87. The van der Waals surface area contributed by atoms with Gasteiger partial charge in [-0.3, -0.25) is 4.68 Å². The van der Waals surface area contributed by atoms with Crippen molar-refractivity contribution in [1.29, 1.82) is 0 Å². The summed E-state index contributed by atoms with van der Waals surface area (Å²) in [7, 11) is 0. The fourth-order valence-corrected chi connectivity index (χ4v) is 3.37. The smallest absolute Gasteiger partial charge is 0.410 e. The molecule has 150 valence electrons. The molecule has 1 aliphatic carbocycles. The predicted octanol–water partition coefficient (Wildman–Crippen LogP) is 4.32. The number of halogens is 1. The SMILES string of the molecule is CC(C)(C)OC(=O)N1CCC(n2cc(-c3cnc(Cl)cc3OC3CC3)cn2)C1. The highest BCUT2D eigenvalue weighted by Gasteiger charge is 2.31. The van der Waals surface area contributed by atoms with E-state index in [2.05, 4.69) is 10.1 Å². The van der Waals surface area contributed by atoms with Gasteiger partial charge in [-0.2, -0.15) is 5.10 Å². The highest BCUT2D eigenvalue weighted by atomic mass is 35.5. The molecule has 1 saturated heterocycles. The zero-order valence-corrected chi connectivity index (χ0v) is 17.1. The Morgan fingerprint density at radius 1 is 1.25 bits per heavy atom. The molecule has 0 N–H and O–H groups in total. The first-order valence-corrected chi connectivity index (χ1v) is 10.0. The lowest BCUT2D eigenvalue weighted by Gasteiger charge is -2.24. The molecule has 2 aliphatic rings. The molecule has 1 aliphatic heterocycles. The minimum atomic E-state index is -0.492. The third-order valence-electron chi connectivity index (χ3n) is 4.75. The third-order valence-corrected chi connectivity index (χ3v) is 4.96. The van der Waals surface area contributed by atoms with Crippen molar-refractivity contribution < 1.29 is 14.3 Å². The van der Waals surface area contributed by atoms with Crippen LogP contribution in [0.2, 0.25) is 5.15 Å². The highest BCUT2D eigenvalue weighted by molar-refractivity contribution is 6.29. The van der Waals surface area contributed by atoms with E-state index in [1.807, 2.05) is 31.6 Å². The van der Waals surface area contributed by atoms with Crippen LogP contribution in [0, 0.1) is 0 Å². The molecule has 0 radical (unpaired) electrons. The Morgan fingerprint density at radius 3 is 2.75 bits per heavy atom. The van der Waals surface area contributed by atoms with Crippen LogP contribution in [0.15, 0.2) is 24.7 Å². The van der Waals surface area contributed by atoms with Crippen LogP contribution in [0.5, 0.6) is 5.75 Å². The van der Waals surface area contributed by atoms with Crippen molar-refractivity contribution in [2.24, 2.45) is 0 Å². The van der Waals surface area contributed by atoms with Crippen molar-refractivity contribution >= 4 is 17.7 Å². The summed E-state index contributed by atoms with van der Waals surface area (Å²) >= 11 is 6.05. The zero-order valence-electron chi connectivity index (χ0n) is 16.4. The molecule has 2 aromatic rings. The second-order valence-corrected chi connectivity index (χ2v) is 8.79. The number of carbonyl (C=O) groups is 1. The summed E-state index contributed by atoms with van der Waals surface area (Å²) in [6, 6.07) is 1.88. The molecule has 2 fully saturated rings. The van der Waals surface area contributed by atoms with Gasteiger partial charge in [0.2, 0.25) is 0 Å². The number of amides is 1. The lowest BCUT2D eigenvalue weighted by Crippen LogP contribution is -2.35. The van der Waals surface area contributed by atoms with Crippen LogP contribution in [0.1, 0.15) is 46.1 Å². The number of hydrogen-bond acceptors (Lipinski definition) is 5. The van der Waals surface area contributed by atoms with Crippen molar-refractivity contribution in [3.05, 3.63) is 29.8 Å². The molecule has 1 unspecified atom stereocenters. The number of likely N-dealkylation sites (tertiary alicyclic amines) is 1. The Labute approximate surface area is 169 Å². The number of nitrogens with zero attached hydrogens (tertiary/aromatic N) is 4. The second-order valence-electron chi connectivity index (χ2n) is 8.40. The van der Waals surface area contributed by atoms with Crippen LogP contribution in [-0.2, 0) is 4.74 Å². The molecule has 8 heteroatoms. The number of pyridine rings is 1. The molecule has 4 rings (SSSR count). The van der Waals surface area contributed by atoms with E-state index < -0.39 is 5.60 Å². The minimum absolute atomic E-state index is 0.120. The largest absolute Gasteiger partial charge is 0.490 e. The molecule has 7 nitrogen and oxygen atoms in total. The van der Waals surface area contributed by atoms with Gasteiger partial charge in [-0.1, -0.05) is 11.6 Å². The van der Waals surface area contributed by atoms with Gasteiger partial charge in [-0.15, -0.1) is 0 Å². The van der Waals surface area contributed by atoms with Crippen LogP contribution < -0.4 is 4.74 Å². The zero-order chi connectivity index (χ0) is 19.9. The first-order chi connectivity index (χ1) is 13.3. The molecule has 1 saturated carbocycles. The van der Waals surface area contributed by atoms with Crippen LogP contribution in [0.4, 0.5) is 4.79 Å². The third kappa shape index (κ3) is 4.41. The Balaban J connectivity index is 1.47. The van der Waals surface area contributed by atoms with Crippen LogP contribution in [-0.4, -0.2) is 50.6 Å². The molecule has 1 amide bonds. The average molecular weight is 405 g/mol. The maximum atomic E-state index is 12.3. The number of ether oxygens (including phenoxy) is 2. The minimum Gasteiger partial charge on any atom is -0.490 e. The Hall–Kier alpha value is -2.28. The van der Waals surface area contributed by atoms with Crippen molar-refractivity contribution in [3.63, 3.8) is 0 Å². The van der Waals surface area contributed by atoms with Gasteiger partial charge in [-0.25, -0.2) is 9.78 Å². The summed E-state index contributed by atoms with van der Waals surface area (Å²) in [5, 5.41) is 4.94. The van der Waals surface area contributed by atoms with E-state index in [9.17, 15) is 4.79 Å². The number of rotatable bonds is 4. The molecule has 1 atom stereocenters. The van der Waals surface area contributed by atoms with E-state index >= 15 is 0 Å². The van der Waals surface area contributed by atoms with Crippen LogP contribution in [0.25, 0.3) is 11.1 Å². The molecule has 0 bridgehead atoms. The number of aromatic nitrogens is 3. The number of carbonyl (C=O) groups excluding carboxylic acids is 1. The maximum absolute atomic E-state index is 12.3. The van der Waals surface area contributed by atoms with E-state index in [1.54, 1.807) is 23.4 Å². The van der Waals surface area contributed by atoms with E-state index in [0.717, 1.165) is 36.1 Å². The lowest BCUT2D eigenvalue weighted by molar-refractivity contribution is 0.0288. The second kappa shape index (κ2) is 7.28. The first-order valence-electron chi connectivity index (χ1n) is 9.63. The quantitative estimate of drug-likeness (QED) is 0.709. The number of hydrogen-bond donors (Lipinski definition) is 0.